The molecule has 0 aliphatic rings. The van der Waals surface area contributed by atoms with Crippen molar-refractivity contribution in [2.24, 2.45) is 10.2 Å². The van der Waals surface area contributed by atoms with Crippen molar-refractivity contribution in [2.75, 3.05) is 20.2 Å². The topological polar surface area (TPSA) is 50.1 Å². The van der Waals surface area contributed by atoms with Crippen LogP contribution in [0.1, 0.15) is 25.0 Å². The molecule has 0 amide bonds. The fraction of sp³-hybridized carbons (Fsp3) is 0.318. The molecule has 0 atom stereocenters. The van der Waals surface area contributed by atoms with E-state index in [1.165, 1.54) is 5.56 Å². The van der Waals surface area contributed by atoms with Gasteiger partial charge >= 0.3 is 0 Å². The van der Waals surface area contributed by atoms with Crippen molar-refractivity contribution in [1.29, 1.82) is 0 Å². The SMILES string of the molecule is CCN(CC)Cc1ccc(CN=Nc2ccnc3ccc(OC)cc23)cc1. The molecule has 0 aliphatic carbocycles. The summed E-state index contributed by atoms with van der Waals surface area (Å²) in [6.45, 7) is 8.06. The van der Waals surface area contributed by atoms with Gasteiger partial charge in [0.15, 0.2) is 0 Å². The Balaban J connectivity index is 1.69. The molecule has 0 saturated heterocycles. The van der Waals surface area contributed by atoms with E-state index in [2.05, 4.69) is 58.2 Å². The molecule has 0 saturated carbocycles. The molecule has 0 spiro atoms. The lowest BCUT2D eigenvalue weighted by molar-refractivity contribution is 0.296. The second kappa shape index (κ2) is 9.24. The molecule has 0 aliphatic heterocycles. The summed E-state index contributed by atoms with van der Waals surface area (Å²) in [6.07, 6.45) is 1.76. The minimum absolute atomic E-state index is 0.555. The van der Waals surface area contributed by atoms with Crippen LogP contribution < -0.4 is 4.74 Å². The van der Waals surface area contributed by atoms with Crippen LogP contribution in [0.25, 0.3) is 10.9 Å². The van der Waals surface area contributed by atoms with Crippen LogP contribution in [0.4, 0.5) is 5.69 Å². The van der Waals surface area contributed by atoms with Crippen molar-refractivity contribution in [3.8, 4) is 5.75 Å². The van der Waals surface area contributed by atoms with Gasteiger partial charge in [-0.2, -0.15) is 10.2 Å². The van der Waals surface area contributed by atoms with Gasteiger partial charge in [0.1, 0.15) is 5.75 Å². The van der Waals surface area contributed by atoms with Crippen molar-refractivity contribution in [3.05, 3.63) is 65.9 Å². The number of pyridine rings is 1. The van der Waals surface area contributed by atoms with Gasteiger partial charge in [-0.15, -0.1) is 0 Å². The number of ether oxygens (including phenoxy) is 1. The number of methoxy groups -OCH3 is 1. The zero-order valence-electron chi connectivity index (χ0n) is 16.2. The van der Waals surface area contributed by atoms with Crippen LogP contribution in [0.3, 0.4) is 0 Å². The second-order valence-electron chi connectivity index (χ2n) is 6.39. The van der Waals surface area contributed by atoms with Gasteiger partial charge in [-0.25, -0.2) is 0 Å². The summed E-state index contributed by atoms with van der Waals surface area (Å²) < 4.78 is 5.30. The first-order valence-corrected chi connectivity index (χ1v) is 9.34. The number of rotatable bonds is 8. The third-order valence-corrected chi connectivity index (χ3v) is 4.68. The van der Waals surface area contributed by atoms with Crippen molar-refractivity contribution < 1.29 is 4.74 Å². The first-order valence-electron chi connectivity index (χ1n) is 9.34. The zero-order chi connectivity index (χ0) is 19.1. The molecule has 3 aromatic rings. The van der Waals surface area contributed by atoms with E-state index in [0.717, 1.165) is 47.5 Å². The Hall–Kier alpha value is -2.79. The Morgan fingerprint density at radius 2 is 1.70 bits per heavy atom. The molecule has 0 radical (unpaired) electrons. The molecular formula is C22H26N4O. The number of benzene rings is 2. The molecule has 0 N–H and O–H groups in total. The number of aromatic nitrogens is 1. The van der Waals surface area contributed by atoms with Gasteiger partial charge < -0.3 is 4.74 Å². The molecule has 0 unspecified atom stereocenters. The van der Waals surface area contributed by atoms with E-state index in [-0.39, 0.29) is 0 Å². The van der Waals surface area contributed by atoms with Crippen LogP contribution in [0, 0.1) is 0 Å². The minimum Gasteiger partial charge on any atom is -0.497 e. The third kappa shape index (κ3) is 4.89. The third-order valence-electron chi connectivity index (χ3n) is 4.68. The van der Waals surface area contributed by atoms with E-state index < -0.39 is 0 Å². The Bertz CT molecular complexity index is 902. The van der Waals surface area contributed by atoms with Gasteiger partial charge in [0.25, 0.3) is 0 Å². The standard InChI is InChI=1S/C22H26N4O/c1-4-26(5-2)16-18-8-6-17(7-9-18)15-24-25-22-12-13-23-21-11-10-19(27-3)14-20(21)22/h6-14H,4-5,15-16H2,1-3H3. The molecule has 27 heavy (non-hydrogen) atoms. The summed E-state index contributed by atoms with van der Waals surface area (Å²) >= 11 is 0. The number of hydrogen-bond donors (Lipinski definition) is 0. The van der Waals surface area contributed by atoms with Crippen molar-refractivity contribution in [2.45, 2.75) is 26.9 Å². The largest absolute Gasteiger partial charge is 0.497 e. The van der Waals surface area contributed by atoms with Crippen molar-refractivity contribution in [1.82, 2.24) is 9.88 Å². The zero-order valence-corrected chi connectivity index (χ0v) is 16.2. The smallest absolute Gasteiger partial charge is 0.119 e. The lowest BCUT2D eigenvalue weighted by Gasteiger charge is -2.17. The lowest BCUT2D eigenvalue weighted by atomic mass is 10.1. The van der Waals surface area contributed by atoms with E-state index in [4.69, 9.17) is 4.74 Å². The molecule has 5 heteroatoms. The summed E-state index contributed by atoms with van der Waals surface area (Å²) in [4.78, 5) is 6.77. The van der Waals surface area contributed by atoms with Crippen molar-refractivity contribution in [3.63, 3.8) is 0 Å². The summed E-state index contributed by atoms with van der Waals surface area (Å²) in [5.41, 5.74) is 4.16. The Morgan fingerprint density at radius 3 is 2.41 bits per heavy atom. The molecule has 2 aromatic carbocycles. The fourth-order valence-electron chi connectivity index (χ4n) is 2.97. The summed E-state index contributed by atoms with van der Waals surface area (Å²) in [5.74, 6) is 0.788. The van der Waals surface area contributed by atoms with Crippen molar-refractivity contribution >= 4 is 16.6 Å². The molecule has 0 fully saturated rings. The molecule has 1 aromatic heterocycles. The predicted molar refractivity (Wildman–Crippen MR) is 110 cm³/mol. The van der Waals surface area contributed by atoms with Gasteiger partial charge in [-0.1, -0.05) is 38.1 Å². The maximum Gasteiger partial charge on any atom is 0.119 e. The summed E-state index contributed by atoms with van der Waals surface area (Å²) in [7, 11) is 1.66. The van der Waals surface area contributed by atoms with Crippen LogP contribution in [0.2, 0.25) is 0 Å². The summed E-state index contributed by atoms with van der Waals surface area (Å²) in [5, 5.41) is 9.75. The number of hydrogen-bond acceptors (Lipinski definition) is 5. The first kappa shape index (κ1) is 19.0. The van der Waals surface area contributed by atoms with Gasteiger partial charge in [0.2, 0.25) is 0 Å². The van der Waals surface area contributed by atoms with E-state index in [9.17, 15) is 0 Å². The van der Waals surface area contributed by atoms with E-state index in [0.29, 0.717) is 6.54 Å². The Kier molecular flexibility index (Phi) is 6.49. The van der Waals surface area contributed by atoms with Gasteiger partial charge in [0, 0.05) is 18.1 Å². The van der Waals surface area contributed by atoms with E-state index in [1.807, 2.05) is 24.3 Å². The monoisotopic (exact) mass is 362 g/mol. The molecule has 1 heterocycles. The first-order chi connectivity index (χ1) is 13.2. The lowest BCUT2D eigenvalue weighted by Crippen LogP contribution is -2.21. The summed E-state index contributed by atoms with van der Waals surface area (Å²) in [6, 6.07) is 16.3. The van der Waals surface area contributed by atoms with Gasteiger partial charge in [-0.3, -0.25) is 9.88 Å². The highest BCUT2D eigenvalue weighted by atomic mass is 16.5. The highest BCUT2D eigenvalue weighted by molar-refractivity contribution is 5.90. The van der Waals surface area contributed by atoms with Gasteiger partial charge in [-0.05, 0) is 48.5 Å². The van der Waals surface area contributed by atoms with Crippen LogP contribution in [-0.2, 0) is 13.1 Å². The number of nitrogens with zero attached hydrogens (tertiary/aromatic N) is 4. The Labute approximate surface area is 160 Å². The minimum atomic E-state index is 0.555. The quantitative estimate of drug-likeness (QED) is 0.506. The predicted octanol–water partition coefficient (Wildman–Crippen LogP) is 5.37. The number of azo groups is 1. The average molecular weight is 362 g/mol. The van der Waals surface area contributed by atoms with Crippen LogP contribution in [-0.4, -0.2) is 30.1 Å². The molecular weight excluding hydrogens is 336 g/mol. The normalized spacial score (nSPS) is 11.6. The highest BCUT2D eigenvalue weighted by Crippen LogP contribution is 2.28. The molecule has 0 bridgehead atoms. The van der Waals surface area contributed by atoms with Crippen LogP contribution in [0.15, 0.2) is 65.0 Å². The van der Waals surface area contributed by atoms with E-state index >= 15 is 0 Å². The number of fused-ring (bicyclic) bond motifs is 1. The fourth-order valence-corrected chi connectivity index (χ4v) is 2.97. The van der Waals surface area contributed by atoms with Crippen LogP contribution in [0.5, 0.6) is 5.75 Å². The average Bonchev–Trinajstić information content (AvgIpc) is 2.73. The van der Waals surface area contributed by atoms with E-state index in [1.54, 1.807) is 13.3 Å². The highest BCUT2D eigenvalue weighted by Gasteiger charge is 2.04. The van der Waals surface area contributed by atoms with Crippen LogP contribution >= 0.6 is 0 Å². The second-order valence-corrected chi connectivity index (χ2v) is 6.39. The molecule has 140 valence electrons. The Morgan fingerprint density at radius 1 is 0.963 bits per heavy atom. The molecule has 3 rings (SSSR count). The molecule has 5 nitrogen and oxygen atoms in total. The van der Waals surface area contributed by atoms with Gasteiger partial charge in [0.05, 0.1) is 24.9 Å². The maximum atomic E-state index is 5.30. The maximum absolute atomic E-state index is 5.30.